The number of hydrogen-bond donors (Lipinski definition) is 4. The lowest BCUT2D eigenvalue weighted by Gasteiger charge is -2.12. The van der Waals surface area contributed by atoms with Crippen molar-refractivity contribution in [2.75, 3.05) is 18.4 Å². The molecule has 88 valence electrons. The van der Waals surface area contributed by atoms with E-state index in [1.165, 1.54) is 0 Å². The number of aliphatic imine (C=N–C) groups is 1. The highest BCUT2D eigenvalue weighted by molar-refractivity contribution is 5.75. The number of guanidine groups is 1. The van der Waals surface area contributed by atoms with Gasteiger partial charge in [-0.2, -0.15) is 0 Å². The Morgan fingerprint density at radius 2 is 2.12 bits per heavy atom. The molecule has 5 nitrogen and oxygen atoms in total. The second-order valence-corrected chi connectivity index (χ2v) is 3.62. The first-order valence-electron chi connectivity index (χ1n) is 5.12. The number of nitrogens with zero attached hydrogens (tertiary/aromatic N) is 1. The largest absolute Gasteiger partial charge is 0.389 e. The van der Waals surface area contributed by atoms with Crippen molar-refractivity contribution in [1.29, 1.82) is 0 Å². The van der Waals surface area contributed by atoms with Gasteiger partial charge in [0.15, 0.2) is 5.96 Å². The fraction of sp³-hybridized carbons (Fsp3) is 0.364. The molecule has 1 aromatic rings. The number of aliphatic hydroxyl groups is 1. The molecule has 0 bridgehead atoms. The minimum absolute atomic E-state index is 0.00468. The molecule has 1 unspecified atom stereocenters. The smallest absolute Gasteiger partial charge is 0.185 e. The predicted molar refractivity (Wildman–Crippen MR) is 66.4 cm³/mol. The summed E-state index contributed by atoms with van der Waals surface area (Å²) in [4.78, 5) is 3.74. The molecule has 0 aliphatic heterocycles. The highest BCUT2D eigenvalue weighted by Gasteiger charge is 2.03. The fourth-order valence-corrected chi connectivity index (χ4v) is 1.27. The van der Waals surface area contributed by atoms with Gasteiger partial charge in [0.25, 0.3) is 0 Å². The molecule has 0 aliphatic carbocycles. The maximum atomic E-state index is 9.57. The Balaban J connectivity index is 2.40. The van der Waals surface area contributed by atoms with E-state index < -0.39 is 6.10 Å². The molecule has 0 amide bonds. The van der Waals surface area contributed by atoms with Crippen molar-refractivity contribution < 1.29 is 5.11 Å². The molecule has 0 fully saturated rings. The van der Waals surface area contributed by atoms with Crippen LogP contribution in [0.15, 0.2) is 29.3 Å². The Bertz CT molecular complexity index is 361. The van der Waals surface area contributed by atoms with Gasteiger partial charge in [0.05, 0.1) is 12.6 Å². The maximum absolute atomic E-state index is 9.57. The summed E-state index contributed by atoms with van der Waals surface area (Å²) in [6.45, 7) is 2.63. The zero-order valence-electron chi connectivity index (χ0n) is 9.35. The van der Waals surface area contributed by atoms with Gasteiger partial charge >= 0.3 is 0 Å². The van der Waals surface area contributed by atoms with Crippen LogP contribution in [0.4, 0.5) is 5.69 Å². The first-order valence-corrected chi connectivity index (χ1v) is 5.12. The summed E-state index contributed by atoms with van der Waals surface area (Å²) in [5.74, 6) is -0.00468. The standard InChI is InChI=1S/C11H18N4O/c1-8-4-2-3-5-10(8)14-6-9(16)7-15-11(12)13/h2-5,9,14,16H,6-7H2,1H3,(H4,12,13,15). The Morgan fingerprint density at radius 1 is 1.44 bits per heavy atom. The van der Waals surface area contributed by atoms with Crippen LogP contribution in [0, 0.1) is 6.92 Å². The number of aliphatic hydroxyl groups excluding tert-OH is 1. The van der Waals surface area contributed by atoms with E-state index in [1.807, 2.05) is 31.2 Å². The molecular weight excluding hydrogens is 204 g/mol. The number of rotatable bonds is 5. The van der Waals surface area contributed by atoms with E-state index in [1.54, 1.807) is 0 Å². The highest BCUT2D eigenvalue weighted by atomic mass is 16.3. The quantitative estimate of drug-likeness (QED) is 0.418. The number of hydrogen-bond acceptors (Lipinski definition) is 3. The van der Waals surface area contributed by atoms with E-state index in [2.05, 4.69) is 10.3 Å². The summed E-state index contributed by atoms with van der Waals surface area (Å²) < 4.78 is 0. The number of benzene rings is 1. The summed E-state index contributed by atoms with van der Waals surface area (Å²) >= 11 is 0. The van der Waals surface area contributed by atoms with Crippen molar-refractivity contribution >= 4 is 11.6 Å². The Labute approximate surface area is 95.2 Å². The average molecular weight is 222 g/mol. The molecule has 1 aromatic carbocycles. The predicted octanol–water partition coefficient (Wildman–Crippen LogP) is 0.0412. The summed E-state index contributed by atoms with van der Waals surface area (Å²) in [5, 5.41) is 12.7. The van der Waals surface area contributed by atoms with Crippen LogP contribution in [0.25, 0.3) is 0 Å². The Morgan fingerprint density at radius 3 is 2.75 bits per heavy atom. The van der Waals surface area contributed by atoms with Crippen molar-refractivity contribution in [2.45, 2.75) is 13.0 Å². The first-order chi connectivity index (χ1) is 7.59. The number of aryl methyl sites for hydroxylation is 1. The summed E-state index contributed by atoms with van der Waals surface area (Å²) in [5.41, 5.74) is 12.5. The Hall–Kier alpha value is -1.75. The molecule has 0 radical (unpaired) electrons. The third-order valence-electron chi connectivity index (χ3n) is 2.16. The van der Waals surface area contributed by atoms with E-state index in [4.69, 9.17) is 11.5 Å². The van der Waals surface area contributed by atoms with Gasteiger partial charge in [0.1, 0.15) is 0 Å². The minimum atomic E-state index is -0.596. The normalized spacial score (nSPS) is 11.9. The summed E-state index contributed by atoms with van der Waals surface area (Å²) in [6, 6.07) is 7.88. The van der Waals surface area contributed by atoms with Gasteiger partial charge in [-0.25, -0.2) is 0 Å². The zero-order chi connectivity index (χ0) is 12.0. The number of nitrogens with one attached hydrogen (secondary N) is 1. The van der Waals surface area contributed by atoms with Crippen LogP contribution in [0.3, 0.4) is 0 Å². The Kier molecular flexibility index (Phi) is 4.60. The number of anilines is 1. The topological polar surface area (TPSA) is 96.7 Å². The second-order valence-electron chi connectivity index (χ2n) is 3.62. The van der Waals surface area contributed by atoms with Gasteiger partial charge in [-0.3, -0.25) is 4.99 Å². The van der Waals surface area contributed by atoms with Crippen molar-refractivity contribution in [3.05, 3.63) is 29.8 Å². The maximum Gasteiger partial charge on any atom is 0.185 e. The fourth-order valence-electron chi connectivity index (χ4n) is 1.27. The van der Waals surface area contributed by atoms with Gasteiger partial charge in [-0.05, 0) is 18.6 Å². The van der Waals surface area contributed by atoms with Crippen LogP contribution in [-0.2, 0) is 0 Å². The molecule has 1 rings (SSSR count). The lowest BCUT2D eigenvalue weighted by Crippen LogP contribution is -2.28. The van der Waals surface area contributed by atoms with E-state index in [-0.39, 0.29) is 12.5 Å². The minimum Gasteiger partial charge on any atom is -0.389 e. The van der Waals surface area contributed by atoms with E-state index in [0.717, 1.165) is 11.3 Å². The zero-order valence-corrected chi connectivity index (χ0v) is 9.35. The van der Waals surface area contributed by atoms with E-state index >= 15 is 0 Å². The first kappa shape index (κ1) is 12.3. The number of nitrogens with two attached hydrogens (primary N) is 2. The molecule has 0 heterocycles. The highest BCUT2D eigenvalue weighted by Crippen LogP contribution is 2.12. The average Bonchev–Trinajstić information content (AvgIpc) is 2.25. The molecule has 16 heavy (non-hydrogen) atoms. The lowest BCUT2D eigenvalue weighted by molar-refractivity contribution is 0.196. The van der Waals surface area contributed by atoms with Gasteiger partial charge in [-0.1, -0.05) is 18.2 Å². The molecule has 0 saturated heterocycles. The van der Waals surface area contributed by atoms with Crippen molar-refractivity contribution in [1.82, 2.24) is 0 Å². The monoisotopic (exact) mass is 222 g/mol. The number of para-hydroxylation sites is 1. The van der Waals surface area contributed by atoms with E-state index in [0.29, 0.717) is 6.54 Å². The third-order valence-corrected chi connectivity index (χ3v) is 2.16. The van der Waals surface area contributed by atoms with Crippen LogP contribution in [0.2, 0.25) is 0 Å². The summed E-state index contributed by atoms with van der Waals surface area (Å²) in [6.07, 6.45) is -0.596. The van der Waals surface area contributed by atoms with Gasteiger partial charge in [0.2, 0.25) is 0 Å². The second kappa shape index (κ2) is 5.97. The van der Waals surface area contributed by atoms with Crippen molar-refractivity contribution in [3.8, 4) is 0 Å². The van der Waals surface area contributed by atoms with Crippen molar-refractivity contribution in [2.24, 2.45) is 16.5 Å². The van der Waals surface area contributed by atoms with Crippen LogP contribution in [0.5, 0.6) is 0 Å². The van der Waals surface area contributed by atoms with Crippen LogP contribution < -0.4 is 16.8 Å². The van der Waals surface area contributed by atoms with Crippen molar-refractivity contribution in [3.63, 3.8) is 0 Å². The lowest BCUT2D eigenvalue weighted by atomic mass is 10.2. The van der Waals surface area contributed by atoms with E-state index in [9.17, 15) is 5.11 Å². The molecule has 0 saturated carbocycles. The molecule has 0 spiro atoms. The van der Waals surface area contributed by atoms with Crippen LogP contribution >= 0.6 is 0 Å². The molecule has 5 heteroatoms. The van der Waals surface area contributed by atoms with Crippen LogP contribution in [-0.4, -0.2) is 30.3 Å². The van der Waals surface area contributed by atoms with Gasteiger partial charge in [-0.15, -0.1) is 0 Å². The SMILES string of the molecule is Cc1ccccc1NCC(O)CN=C(N)N. The van der Waals surface area contributed by atoms with Gasteiger partial charge < -0.3 is 21.9 Å². The van der Waals surface area contributed by atoms with Crippen LogP contribution in [0.1, 0.15) is 5.56 Å². The van der Waals surface area contributed by atoms with Gasteiger partial charge in [0, 0.05) is 12.2 Å². The molecule has 6 N–H and O–H groups in total. The molecule has 0 aliphatic rings. The molecular formula is C11H18N4O. The third kappa shape index (κ3) is 4.18. The molecule has 0 aromatic heterocycles. The molecule has 1 atom stereocenters. The summed E-state index contributed by atoms with van der Waals surface area (Å²) in [7, 11) is 0.